The molecule has 1 unspecified atom stereocenters. The first-order valence-electron chi connectivity index (χ1n) is 14.4. The van der Waals surface area contributed by atoms with Gasteiger partial charge in [-0.05, 0) is 62.8 Å². The summed E-state index contributed by atoms with van der Waals surface area (Å²) in [5.74, 6) is -0.0174. The topological polar surface area (TPSA) is 60.7 Å². The van der Waals surface area contributed by atoms with Crippen LogP contribution in [0.15, 0.2) is 47.6 Å². The Kier molecular flexibility index (Phi) is 9.54. The fraction of sp³-hybridized carbons (Fsp3) is 0.531. The lowest BCUT2D eigenvalue weighted by molar-refractivity contribution is -0.149. The highest BCUT2D eigenvalue weighted by Crippen LogP contribution is 2.31. The molecule has 0 amide bonds. The fourth-order valence-corrected chi connectivity index (χ4v) is 5.83. The Labute approximate surface area is 221 Å². The molecule has 198 valence electrons. The zero-order valence-electron chi connectivity index (χ0n) is 22.8. The highest BCUT2D eigenvalue weighted by Gasteiger charge is 2.23. The molecule has 4 rings (SSSR count). The van der Waals surface area contributed by atoms with Gasteiger partial charge in [0.1, 0.15) is 5.71 Å². The van der Waals surface area contributed by atoms with Gasteiger partial charge in [-0.1, -0.05) is 82.1 Å². The average molecular weight is 503 g/mol. The van der Waals surface area contributed by atoms with Crippen LogP contribution in [0.3, 0.4) is 0 Å². The molecule has 0 N–H and O–H groups in total. The molecule has 0 radical (unpaired) electrons. The van der Waals surface area contributed by atoms with Crippen LogP contribution in [-0.4, -0.2) is 22.0 Å². The molecule has 5 nitrogen and oxygen atoms in total. The van der Waals surface area contributed by atoms with E-state index in [0.717, 1.165) is 54.9 Å². The summed E-state index contributed by atoms with van der Waals surface area (Å²) >= 11 is 0. The van der Waals surface area contributed by atoms with Crippen LogP contribution in [-0.2, 0) is 16.2 Å². The largest absolute Gasteiger partial charge is 0.341 e. The number of hydrogen-bond donors (Lipinski definition) is 0. The number of carbonyl (C=O) groups is 2. The molecule has 3 aromatic rings. The summed E-state index contributed by atoms with van der Waals surface area (Å²) in [5.41, 5.74) is 3.25. The quantitative estimate of drug-likeness (QED) is 0.108. The van der Waals surface area contributed by atoms with E-state index in [1.165, 1.54) is 37.6 Å². The number of nitrogens with zero attached hydrogens (tertiary/aromatic N) is 2. The number of unbranched alkanes of at least 4 members (excludes halogenated alkanes) is 1. The number of oxime groups is 1. The third-order valence-electron chi connectivity index (χ3n) is 8.11. The Balaban J connectivity index is 1.62. The molecule has 1 aliphatic carbocycles. The maximum Gasteiger partial charge on any atom is 0.338 e. The van der Waals surface area contributed by atoms with Crippen LogP contribution in [0.4, 0.5) is 0 Å². The predicted octanol–water partition coefficient (Wildman–Crippen LogP) is 8.47. The van der Waals surface area contributed by atoms with Crippen molar-refractivity contribution < 1.29 is 14.4 Å². The minimum Gasteiger partial charge on any atom is -0.341 e. The first-order chi connectivity index (χ1) is 18.1. The van der Waals surface area contributed by atoms with Gasteiger partial charge in [-0.2, -0.15) is 0 Å². The van der Waals surface area contributed by atoms with Crippen molar-refractivity contribution in [2.75, 3.05) is 0 Å². The van der Waals surface area contributed by atoms with Gasteiger partial charge in [0.25, 0.3) is 0 Å². The van der Waals surface area contributed by atoms with Crippen LogP contribution in [0.25, 0.3) is 21.8 Å². The number of rotatable bonds is 12. The highest BCUT2D eigenvalue weighted by molar-refractivity contribution is 6.46. The van der Waals surface area contributed by atoms with E-state index in [9.17, 15) is 9.59 Å². The van der Waals surface area contributed by atoms with Gasteiger partial charge in [-0.3, -0.25) is 4.79 Å². The molecule has 1 fully saturated rings. The van der Waals surface area contributed by atoms with Crippen molar-refractivity contribution in [3.8, 4) is 0 Å². The van der Waals surface area contributed by atoms with Gasteiger partial charge < -0.3 is 9.40 Å². The van der Waals surface area contributed by atoms with Gasteiger partial charge in [-0.25, -0.2) is 4.79 Å². The van der Waals surface area contributed by atoms with E-state index in [0.29, 0.717) is 23.6 Å². The number of hydrogen-bond acceptors (Lipinski definition) is 4. The lowest BCUT2D eigenvalue weighted by atomic mass is 9.85. The molecule has 1 atom stereocenters. The van der Waals surface area contributed by atoms with Gasteiger partial charge in [0.05, 0.1) is 5.92 Å². The van der Waals surface area contributed by atoms with Crippen LogP contribution >= 0.6 is 0 Å². The van der Waals surface area contributed by atoms with E-state index >= 15 is 0 Å². The standard InChI is InChI=1S/C32H42N2O3/c1-4-7-15-24(5-2)32(36)37-33-28(20-18-23-13-9-8-10-14-23)31(35)25-19-21-30-27(22-25)26-16-11-12-17-29(26)34(30)6-3/h11-12,16-17,19,21-24H,4-10,13-15,18,20H2,1-3H3/b33-28+. The van der Waals surface area contributed by atoms with Crippen molar-refractivity contribution in [2.45, 2.75) is 97.9 Å². The maximum atomic E-state index is 13.8. The zero-order chi connectivity index (χ0) is 26.2. The summed E-state index contributed by atoms with van der Waals surface area (Å²) in [6, 6.07) is 14.2. The summed E-state index contributed by atoms with van der Waals surface area (Å²) in [4.78, 5) is 32.0. The van der Waals surface area contributed by atoms with Crippen LogP contribution < -0.4 is 0 Å². The number of ketones is 1. The second-order valence-electron chi connectivity index (χ2n) is 10.6. The smallest absolute Gasteiger partial charge is 0.338 e. The Bertz CT molecular complexity index is 1250. The molecule has 0 saturated heterocycles. The van der Waals surface area contributed by atoms with Gasteiger partial charge in [0.15, 0.2) is 0 Å². The Morgan fingerprint density at radius 1 is 1.00 bits per heavy atom. The predicted molar refractivity (Wildman–Crippen MR) is 152 cm³/mol. The summed E-state index contributed by atoms with van der Waals surface area (Å²) in [5, 5.41) is 6.45. The molecule has 1 heterocycles. The van der Waals surface area contributed by atoms with Crippen molar-refractivity contribution in [2.24, 2.45) is 17.0 Å². The summed E-state index contributed by atoms with van der Waals surface area (Å²) < 4.78 is 2.28. The Morgan fingerprint density at radius 3 is 2.49 bits per heavy atom. The van der Waals surface area contributed by atoms with Gasteiger partial charge in [0.2, 0.25) is 5.78 Å². The number of Topliss-reactive ketones (excluding diaryl/α,β-unsaturated/α-hetero) is 1. The van der Waals surface area contributed by atoms with Crippen molar-refractivity contribution >= 4 is 39.3 Å². The SMILES string of the molecule is CCCCC(CC)C(=O)O/N=C(\CCC1CCCCC1)C(=O)c1ccc2c(c1)c1ccccc1n2CC. The lowest BCUT2D eigenvalue weighted by Crippen LogP contribution is -2.20. The van der Waals surface area contributed by atoms with E-state index in [4.69, 9.17) is 4.84 Å². The molecular formula is C32H42N2O3. The highest BCUT2D eigenvalue weighted by atomic mass is 16.7. The normalized spacial score (nSPS) is 15.8. The van der Waals surface area contributed by atoms with Crippen LogP contribution in [0.2, 0.25) is 0 Å². The molecule has 0 spiro atoms. The van der Waals surface area contributed by atoms with Crippen molar-refractivity contribution in [1.29, 1.82) is 0 Å². The second kappa shape index (κ2) is 13.0. The Hall–Kier alpha value is -2.95. The molecule has 5 heteroatoms. The Morgan fingerprint density at radius 2 is 1.76 bits per heavy atom. The van der Waals surface area contributed by atoms with Crippen LogP contribution in [0.5, 0.6) is 0 Å². The molecule has 2 aromatic carbocycles. The molecule has 1 aliphatic rings. The summed E-state index contributed by atoms with van der Waals surface area (Å²) in [6.07, 6.45) is 11.2. The minimum absolute atomic E-state index is 0.138. The monoisotopic (exact) mass is 502 g/mol. The first kappa shape index (κ1) is 27.1. The molecule has 37 heavy (non-hydrogen) atoms. The van der Waals surface area contributed by atoms with E-state index < -0.39 is 0 Å². The van der Waals surface area contributed by atoms with Crippen molar-refractivity contribution in [3.05, 3.63) is 48.0 Å². The van der Waals surface area contributed by atoms with Crippen LogP contribution in [0.1, 0.15) is 102 Å². The third-order valence-corrected chi connectivity index (χ3v) is 8.11. The average Bonchev–Trinajstić information content (AvgIpc) is 3.26. The maximum absolute atomic E-state index is 13.8. The third kappa shape index (κ3) is 6.31. The van der Waals surface area contributed by atoms with Gasteiger partial charge in [-0.15, -0.1) is 0 Å². The number of aryl methyl sites for hydroxylation is 1. The van der Waals surface area contributed by atoms with Crippen LogP contribution in [0, 0.1) is 11.8 Å². The van der Waals surface area contributed by atoms with Crippen molar-refractivity contribution in [1.82, 2.24) is 4.57 Å². The van der Waals surface area contributed by atoms with E-state index in [1.807, 2.05) is 37.3 Å². The van der Waals surface area contributed by atoms with Gasteiger partial charge in [0, 0.05) is 33.9 Å². The van der Waals surface area contributed by atoms with E-state index in [-0.39, 0.29) is 17.7 Å². The second-order valence-corrected chi connectivity index (χ2v) is 10.6. The summed E-state index contributed by atoms with van der Waals surface area (Å²) in [6.45, 7) is 7.12. The fourth-order valence-electron chi connectivity index (χ4n) is 5.83. The number of aromatic nitrogens is 1. The van der Waals surface area contributed by atoms with E-state index in [1.54, 1.807) is 0 Å². The zero-order valence-corrected chi connectivity index (χ0v) is 22.8. The number of para-hydroxylation sites is 1. The molecule has 1 saturated carbocycles. The number of carbonyl (C=O) groups excluding carboxylic acids is 2. The number of fused-ring (bicyclic) bond motifs is 3. The summed E-state index contributed by atoms with van der Waals surface area (Å²) in [7, 11) is 0. The van der Waals surface area contributed by atoms with Gasteiger partial charge >= 0.3 is 5.97 Å². The molecular weight excluding hydrogens is 460 g/mol. The first-order valence-corrected chi connectivity index (χ1v) is 14.4. The molecule has 0 aliphatic heterocycles. The van der Waals surface area contributed by atoms with Crippen molar-refractivity contribution in [3.63, 3.8) is 0 Å². The minimum atomic E-state index is -0.319. The van der Waals surface area contributed by atoms with E-state index in [2.05, 4.69) is 35.7 Å². The molecule has 1 aromatic heterocycles. The lowest BCUT2D eigenvalue weighted by Gasteiger charge is -2.21. The number of benzene rings is 2. The molecule has 0 bridgehead atoms.